The van der Waals surface area contributed by atoms with Gasteiger partial charge in [-0.05, 0) is 25.0 Å². The maximum absolute atomic E-state index is 11.8. The first-order valence-corrected chi connectivity index (χ1v) is 11.1. The molecule has 1 aromatic rings. The van der Waals surface area contributed by atoms with E-state index in [9.17, 15) is 18.1 Å². The largest absolute Gasteiger partial charge is 0.508 e. The molecule has 0 heterocycles. The molecule has 0 radical (unpaired) electrons. The van der Waals surface area contributed by atoms with Crippen molar-refractivity contribution in [1.82, 2.24) is 0 Å². The number of rotatable bonds is 13. The lowest BCUT2D eigenvalue weighted by atomic mass is 9.99. The number of phenols is 1. The van der Waals surface area contributed by atoms with Crippen molar-refractivity contribution in [2.45, 2.75) is 89.7 Å². The van der Waals surface area contributed by atoms with E-state index < -0.39 is 15.4 Å². The number of benzene rings is 1. The van der Waals surface area contributed by atoms with E-state index in [4.69, 9.17) is 0 Å². The van der Waals surface area contributed by atoms with Crippen LogP contribution in [0.5, 0.6) is 5.75 Å². The minimum absolute atomic E-state index is 0.0605. The van der Waals surface area contributed by atoms with Gasteiger partial charge in [0.25, 0.3) is 10.1 Å². The van der Waals surface area contributed by atoms with Gasteiger partial charge < -0.3 is 5.11 Å². The lowest BCUT2D eigenvalue weighted by molar-refractivity contribution is 0.440. The van der Waals surface area contributed by atoms with Gasteiger partial charge in [0.2, 0.25) is 0 Å². The van der Waals surface area contributed by atoms with Gasteiger partial charge in [-0.2, -0.15) is 8.42 Å². The van der Waals surface area contributed by atoms with Crippen LogP contribution in [0, 0.1) is 6.92 Å². The van der Waals surface area contributed by atoms with Crippen molar-refractivity contribution >= 4 is 10.1 Å². The van der Waals surface area contributed by atoms with E-state index >= 15 is 0 Å². The zero-order valence-corrected chi connectivity index (χ0v) is 16.5. The van der Waals surface area contributed by atoms with Gasteiger partial charge in [-0.3, -0.25) is 4.55 Å². The second kappa shape index (κ2) is 11.5. The van der Waals surface area contributed by atoms with E-state index in [2.05, 4.69) is 6.92 Å². The predicted molar refractivity (Wildman–Crippen MR) is 104 cm³/mol. The van der Waals surface area contributed by atoms with Crippen molar-refractivity contribution in [3.05, 3.63) is 29.3 Å². The maximum atomic E-state index is 11.8. The fourth-order valence-corrected chi connectivity index (χ4v) is 4.41. The standard InChI is InChI=1S/C20H34O4S/c1-3-4-5-6-7-8-9-10-11-12-16-19(25(22,23)24)20-17(2)14-13-15-18(20)21/h13-15,19,21H,3-12,16H2,1-2H3,(H,22,23,24). The van der Waals surface area contributed by atoms with Crippen molar-refractivity contribution in [3.8, 4) is 5.75 Å². The highest BCUT2D eigenvalue weighted by molar-refractivity contribution is 7.86. The highest BCUT2D eigenvalue weighted by atomic mass is 32.2. The van der Waals surface area contributed by atoms with Crippen LogP contribution in [0.2, 0.25) is 0 Å². The molecule has 1 unspecified atom stereocenters. The van der Waals surface area contributed by atoms with E-state index in [0.29, 0.717) is 17.5 Å². The topological polar surface area (TPSA) is 74.6 Å². The van der Waals surface area contributed by atoms with E-state index in [0.717, 1.165) is 19.3 Å². The third-order valence-electron chi connectivity index (χ3n) is 4.80. The fourth-order valence-electron chi connectivity index (χ4n) is 3.34. The Balaban J connectivity index is 2.39. The maximum Gasteiger partial charge on any atom is 0.272 e. The lowest BCUT2D eigenvalue weighted by Gasteiger charge is -2.18. The summed E-state index contributed by atoms with van der Waals surface area (Å²) >= 11 is 0. The van der Waals surface area contributed by atoms with Crippen molar-refractivity contribution in [2.75, 3.05) is 0 Å². The van der Waals surface area contributed by atoms with Crippen LogP contribution in [0.1, 0.15) is 93.9 Å². The van der Waals surface area contributed by atoms with Gasteiger partial charge in [-0.25, -0.2) is 0 Å². The lowest BCUT2D eigenvalue weighted by Crippen LogP contribution is -2.14. The summed E-state index contributed by atoms with van der Waals surface area (Å²) in [6, 6.07) is 4.90. The summed E-state index contributed by atoms with van der Waals surface area (Å²) in [5, 5.41) is 8.97. The SMILES string of the molecule is CCCCCCCCCCCCC(c1c(C)cccc1O)S(=O)(=O)O. The molecule has 4 nitrogen and oxygen atoms in total. The monoisotopic (exact) mass is 370 g/mol. The summed E-state index contributed by atoms with van der Waals surface area (Å²) in [6.07, 6.45) is 12.0. The molecule has 0 spiro atoms. The molecular weight excluding hydrogens is 336 g/mol. The number of phenolic OH excluding ortho intramolecular Hbond substituents is 1. The van der Waals surface area contributed by atoms with Crippen LogP contribution >= 0.6 is 0 Å². The number of hydrogen-bond donors (Lipinski definition) is 2. The van der Waals surface area contributed by atoms with Crippen LogP contribution in [0.25, 0.3) is 0 Å². The van der Waals surface area contributed by atoms with Crippen LogP contribution in [0.3, 0.4) is 0 Å². The molecule has 0 saturated carbocycles. The van der Waals surface area contributed by atoms with Gasteiger partial charge in [-0.1, -0.05) is 83.3 Å². The van der Waals surface area contributed by atoms with Crippen molar-refractivity contribution < 1.29 is 18.1 Å². The number of hydrogen-bond acceptors (Lipinski definition) is 3. The van der Waals surface area contributed by atoms with Crippen molar-refractivity contribution in [2.24, 2.45) is 0 Å². The average Bonchev–Trinajstić information content (AvgIpc) is 2.53. The molecule has 0 aliphatic heterocycles. The first-order chi connectivity index (χ1) is 11.9. The molecule has 25 heavy (non-hydrogen) atoms. The van der Waals surface area contributed by atoms with Gasteiger partial charge in [0.1, 0.15) is 11.0 Å². The molecule has 0 bridgehead atoms. The minimum atomic E-state index is -4.23. The zero-order valence-electron chi connectivity index (χ0n) is 15.7. The second-order valence-corrected chi connectivity index (χ2v) is 8.58. The van der Waals surface area contributed by atoms with E-state index in [1.165, 1.54) is 51.0 Å². The Morgan fingerprint density at radius 2 is 1.44 bits per heavy atom. The number of aromatic hydroxyl groups is 1. The molecule has 0 saturated heterocycles. The molecule has 1 rings (SSSR count). The summed E-state index contributed by atoms with van der Waals surface area (Å²) in [5.74, 6) is -0.0605. The molecule has 0 aliphatic carbocycles. The second-order valence-electron chi connectivity index (χ2n) is 6.98. The smallest absolute Gasteiger partial charge is 0.272 e. The van der Waals surface area contributed by atoms with Gasteiger partial charge in [0, 0.05) is 5.56 Å². The van der Waals surface area contributed by atoms with E-state index in [1.54, 1.807) is 19.1 Å². The summed E-state index contributed by atoms with van der Waals surface area (Å²) in [5.41, 5.74) is 1.02. The Labute approximate surface area is 153 Å². The molecule has 1 atom stereocenters. The zero-order chi connectivity index (χ0) is 18.7. The molecule has 0 fully saturated rings. The van der Waals surface area contributed by atoms with Gasteiger partial charge in [0.05, 0.1) is 0 Å². The molecule has 0 aromatic heterocycles. The van der Waals surface area contributed by atoms with Gasteiger partial charge >= 0.3 is 0 Å². The van der Waals surface area contributed by atoms with Crippen LogP contribution < -0.4 is 0 Å². The normalized spacial score (nSPS) is 13.1. The van der Waals surface area contributed by atoms with Crippen LogP contribution in [-0.4, -0.2) is 18.1 Å². The average molecular weight is 371 g/mol. The van der Waals surface area contributed by atoms with Gasteiger partial charge in [-0.15, -0.1) is 0 Å². The van der Waals surface area contributed by atoms with E-state index in [1.807, 2.05) is 0 Å². The molecule has 0 aliphatic rings. The predicted octanol–water partition coefficient (Wildman–Crippen LogP) is 5.94. The van der Waals surface area contributed by atoms with Gasteiger partial charge in [0.15, 0.2) is 0 Å². The quantitative estimate of drug-likeness (QED) is 0.333. The summed E-state index contributed by atoms with van der Waals surface area (Å²) < 4.78 is 33.1. The highest BCUT2D eigenvalue weighted by Crippen LogP contribution is 2.35. The number of aryl methyl sites for hydroxylation is 1. The van der Waals surface area contributed by atoms with Crippen LogP contribution in [-0.2, 0) is 10.1 Å². The Morgan fingerprint density at radius 3 is 1.92 bits per heavy atom. The Hall–Kier alpha value is -1.07. The summed E-state index contributed by atoms with van der Waals surface area (Å²) in [6.45, 7) is 3.97. The first-order valence-electron chi connectivity index (χ1n) is 9.62. The summed E-state index contributed by atoms with van der Waals surface area (Å²) in [4.78, 5) is 0. The van der Waals surface area contributed by atoms with Crippen LogP contribution in [0.15, 0.2) is 18.2 Å². The van der Waals surface area contributed by atoms with E-state index in [-0.39, 0.29) is 5.75 Å². The first kappa shape index (κ1) is 22.0. The molecule has 1 aromatic carbocycles. The Bertz CT molecular complexity index is 575. The summed E-state index contributed by atoms with van der Waals surface area (Å²) in [7, 11) is -4.23. The number of unbranched alkanes of at least 4 members (excludes halogenated alkanes) is 9. The minimum Gasteiger partial charge on any atom is -0.508 e. The molecule has 0 amide bonds. The van der Waals surface area contributed by atoms with Crippen LogP contribution in [0.4, 0.5) is 0 Å². The highest BCUT2D eigenvalue weighted by Gasteiger charge is 2.28. The third kappa shape index (κ3) is 8.23. The Kier molecular flexibility index (Phi) is 10.1. The van der Waals surface area contributed by atoms with Crippen molar-refractivity contribution in [3.63, 3.8) is 0 Å². The molecular formula is C20H34O4S. The molecule has 144 valence electrons. The Morgan fingerprint density at radius 1 is 0.920 bits per heavy atom. The molecule has 5 heteroatoms. The fraction of sp³-hybridized carbons (Fsp3) is 0.700. The molecule has 2 N–H and O–H groups in total. The third-order valence-corrected chi connectivity index (χ3v) is 5.99. The van der Waals surface area contributed by atoms with Crippen molar-refractivity contribution in [1.29, 1.82) is 0 Å².